The Kier molecular flexibility index (Phi) is 1.54. The summed E-state index contributed by atoms with van der Waals surface area (Å²) in [4.78, 5) is 1.52. The van der Waals surface area contributed by atoms with Crippen LogP contribution < -0.4 is 5.32 Å². The van der Waals surface area contributed by atoms with Gasteiger partial charge in [0.25, 0.3) is 0 Å². The van der Waals surface area contributed by atoms with Gasteiger partial charge >= 0.3 is 0 Å². The highest BCUT2D eigenvalue weighted by Gasteiger charge is 2.55. The SMILES string of the molecule is c1cc2c(s1)[C@]1(CCNC1)OCC21CC1. The van der Waals surface area contributed by atoms with Crippen LogP contribution in [0.5, 0.6) is 0 Å². The number of nitrogens with one attached hydrogen (secondary N) is 1. The second-order valence-electron chi connectivity index (χ2n) is 5.15. The van der Waals surface area contributed by atoms with E-state index in [0.717, 1.165) is 26.1 Å². The molecule has 2 fully saturated rings. The molecule has 2 aliphatic heterocycles. The predicted octanol–water partition coefficient (Wildman–Crippen LogP) is 2.00. The second-order valence-corrected chi connectivity index (χ2v) is 6.07. The van der Waals surface area contributed by atoms with E-state index in [9.17, 15) is 0 Å². The van der Waals surface area contributed by atoms with E-state index in [2.05, 4.69) is 16.8 Å². The minimum Gasteiger partial charge on any atom is -0.367 e. The van der Waals surface area contributed by atoms with Crippen LogP contribution in [0.3, 0.4) is 0 Å². The van der Waals surface area contributed by atoms with E-state index >= 15 is 0 Å². The third kappa shape index (κ3) is 1.01. The summed E-state index contributed by atoms with van der Waals surface area (Å²) >= 11 is 1.90. The van der Waals surface area contributed by atoms with Gasteiger partial charge in [0.15, 0.2) is 0 Å². The smallest absolute Gasteiger partial charge is 0.116 e. The van der Waals surface area contributed by atoms with Crippen LogP contribution in [0.4, 0.5) is 0 Å². The number of thiophene rings is 1. The van der Waals surface area contributed by atoms with Crippen LogP contribution in [0.25, 0.3) is 0 Å². The van der Waals surface area contributed by atoms with Gasteiger partial charge < -0.3 is 10.1 Å². The molecule has 1 saturated heterocycles. The van der Waals surface area contributed by atoms with Crippen molar-refractivity contribution in [3.63, 3.8) is 0 Å². The minimum absolute atomic E-state index is 0.0390. The monoisotopic (exact) mass is 221 g/mol. The lowest BCUT2D eigenvalue weighted by atomic mass is 9.86. The van der Waals surface area contributed by atoms with Crippen LogP contribution in [0.1, 0.15) is 29.7 Å². The molecule has 0 unspecified atom stereocenters. The van der Waals surface area contributed by atoms with Crippen molar-refractivity contribution in [1.82, 2.24) is 5.32 Å². The first-order valence-corrected chi connectivity index (χ1v) is 6.66. The van der Waals surface area contributed by atoms with E-state index in [4.69, 9.17) is 4.74 Å². The molecule has 15 heavy (non-hydrogen) atoms. The maximum absolute atomic E-state index is 6.24. The quantitative estimate of drug-likeness (QED) is 0.723. The molecular formula is C12H15NOS. The van der Waals surface area contributed by atoms with Gasteiger partial charge in [-0.3, -0.25) is 0 Å². The Morgan fingerprint density at radius 1 is 1.33 bits per heavy atom. The van der Waals surface area contributed by atoms with Gasteiger partial charge in [-0.1, -0.05) is 0 Å². The first kappa shape index (κ1) is 8.74. The van der Waals surface area contributed by atoms with Gasteiger partial charge in [0.05, 0.1) is 6.61 Å². The molecule has 3 heteroatoms. The van der Waals surface area contributed by atoms with Crippen molar-refractivity contribution in [2.24, 2.45) is 0 Å². The lowest BCUT2D eigenvalue weighted by Gasteiger charge is -2.37. The predicted molar refractivity (Wildman–Crippen MR) is 60.3 cm³/mol. The highest BCUT2D eigenvalue weighted by atomic mass is 32.1. The number of hydrogen-bond acceptors (Lipinski definition) is 3. The summed E-state index contributed by atoms with van der Waals surface area (Å²) in [7, 11) is 0. The number of hydrogen-bond donors (Lipinski definition) is 1. The summed E-state index contributed by atoms with van der Waals surface area (Å²) in [5.74, 6) is 0. The molecule has 4 rings (SSSR count). The topological polar surface area (TPSA) is 21.3 Å². The molecule has 1 aromatic rings. The standard InChI is InChI=1S/C12H15NOS/c1-6-15-10-9(1)11(2-3-11)8-14-12(10)4-5-13-7-12/h1,6,13H,2-5,7-8H2/t12-/m1/s1. The van der Waals surface area contributed by atoms with Crippen LogP contribution in [0, 0.1) is 0 Å². The fourth-order valence-corrected chi connectivity index (χ4v) is 4.25. The van der Waals surface area contributed by atoms with Crippen molar-refractivity contribution in [3.8, 4) is 0 Å². The Hall–Kier alpha value is -0.380. The van der Waals surface area contributed by atoms with Gasteiger partial charge in [0, 0.05) is 16.8 Å². The van der Waals surface area contributed by atoms with Gasteiger partial charge in [-0.2, -0.15) is 0 Å². The zero-order valence-corrected chi connectivity index (χ0v) is 9.53. The molecule has 0 aromatic carbocycles. The van der Waals surface area contributed by atoms with Crippen molar-refractivity contribution in [2.45, 2.75) is 30.3 Å². The van der Waals surface area contributed by atoms with Crippen LogP contribution in [0.2, 0.25) is 0 Å². The first-order chi connectivity index (χ1) is 7.35. The highest BCUT2D eigenvalue weighted by molar-refractivity contribution is 7.10. The summed E-state index contributed by atoms with van der Waals surface area (Å²) in [6.45, 7) is 3.07. The Bertz CT molecular complexity index is 402. The molecule has 1 atom stereocenters. The maximum Gasteiger partial charge on any atom is 0.116 e. The van der Waals surface area contributed by atoms with Crippen molar-refractivity contribution in [2.75, 3.05) is 19.7 Å². The molecule has 2 spiro atoms. The zero-order valence-electron chi connectivity index (χ0n) is 8.71. The van der Waals surface area contributed by atoms with Crippen LogP contribution in [-0.4, -0.2) is 19.7 Å². The van der Waals surface area contributed by atoms with Crippen molar-refractivity contribution >= 4 is 11.3 Å². The highest BCUT2D eigenvalue weighted by Crippen LogP contribution is 2.57. The van der Waals surface area contributed by atoms with Crippen LogP contribution in [-0.2, 0) is 15.8 Å². The molecule has 2 nitrogen and oxygen atoms in total. The van der Waals surface area contributed by atoms with Gasteiger partial charge in [-0.05, 0) is 42.8 Å². The Morgan fingerprint density at radius 3 is 3.00 bits per heavy atom. The summed E-state index contributed by atoms with van der Waals surface area (Å²) < 4.78 is 6.24. The molecule has 1 aliphatic carbocycles. The molecule has 1 N–H and O–H groups in total. The molecule has 0 amide bonds. The maximum atomic E-state index is 6.24. The molecular weight excluding hydrogens is 206 g/mol. The molecule has 1 aromatic heterocycles. The van der Waals surface area contributed by atoms with E-state index in [-0.39, 0.29) is 5.60 Å². The fraction of sp³-hybridized carbons (Fsp3) is 0.667. The third-order valence-electron chi connectivity index (χ3n) is 4.24. The molecule has 0 radical (unpaired) electrons. The van der Waals surface area contributed by atoms with Crippen molar-refractivity contribution in [1.29, 1.82) is 0 Å². The Morgan fingerprint density at radius 2 is 2.27 bits per heavy atom. The number of fused-ring (bicyclic) bond motifs is 3. The van der Waals surface area contributed by atoms with E-state index in [0.29, 0.717) is 5.41 Å². The summed E-state index contributed by atoms with van der Waals surface area (Å²) in [5, 5.41) is 5.69. The summed E-state index contributed by atoms with van der Waals surface area (Å²) in [6, 6.07) is 2.34. The number of ether oxygens (including phenoxy) is 1. The van der Waals surface area contributed by atoms with Gasteiger partial charge in [0.2, 0.25) is 0 Å². The lowest BCUT2D eigenvalue weighted by Crippen LogP contribution is -2.40. The van der Waals surface area contributed by atoms with Gasteiger partial charge in [0.1, 0.15) is 5.60 Å². The van der Waals surface area contributed by atoms with Gasteiger partial charge in [-0.25, -0.2) is 0 Å². The third-order valence-corrected chi connectivity index (χ3v) is 5.34. The van der Waals surface area contributed by atoms with Crippen molar-refractivity contribution < 1.29 is 4.74 Å². The fourth-order valence-electron chi connectivity index (χ4n) is 3.05. The Labute approximate surface area is 93.6 Å². The minimum atomic E-state index is 0.0390. The van der Waals surface area contributed by atoms with E-state index in [1.54, 1.807) is 5.56 Å². The average Bonchev–Trinajstić information content (AvgIpc) is 2.73. The summed E-state index contributed by atoms with van der Waals surface area (Å²) in [5.41, 5.74) is 2.09. The molecule has 0 bridgehead atoms. The summed E-state index contributed by atoms with van der Waals surface area (Å²) in [6.07, 6.45) is 3.82. The molecule has 3 aliphatic rings. The molecule has 1 saturated carbocycles. The van der Waals surface area contributed by atoms with E-state index < -0.39 is 0 Å². The number of rotatable bonds is 0. The normalized spacial score (nSPS) is 36.0. The second kappa shape index (κ2) is 2.65. The molecule has 3 heterocycles. The van der Waals surface area contributed by atoms with Crippen molar-refractivity contribution in [3.05, 3.63) is 21.9 Å². The lowest BCUT2D eigenvalue weighted by molar-refractivity contribution is -0.0569. The van der Waals surface area contributed by atoms with Crippen LogP contribution in [0.15, 0.2) is 11.4 Å². The van der Waals surface area contributed by atoms with Gasteiger partial charge in [-0.15, -0.1) is 11.3 Å². The largest absolute Gasteiger partial charge is 0.367 e. The van der Waals surface area contributed by atoms with E-state index in [1.165, 1.54) is 17.7 Å². The van der Waals surface area contributed by atoms with Crippen LogP contribution >= 0.6 is 11.3 Å². The average molecular weight is 221 g/mol. The zero-order chi connectivity index (χ0) is 9.93. The molecule has 80 valence electrons. The Balaban J connectivity index is 1.87. The van der Waals surface area contributed by atoms with E-state index in [1.807, 2.05) is 11.3 Å². The first-order valence-electron chi connectivity index (χ1n) is 5.78.